The Bertz CT molecular complexity index is 607. The molecule has 1 unspecified atom stereocenters. The number of nitrogens with one attached hydrogen (secondary N) is 1. The standard InChI is InChI=1S/C11H14N2O7/c1-5(15)19-9-6(4-14)20-10(8(9)17)13-3-2-7(16)12-11(13)18/h2-3,6,8-10,14,17H,4H2,1H3,(H,12,16,18)/t6-,8?,9+,10-/m1/s1. The number of H-pyrrole nitrogens is 1. The van der Waals surface area contributed by atoms with Gasteiger partial charge in [0.2, 0.25) is 0 Å². The van der Waals surface area contributed by atoms with E-state index in [2.05, 4.69) is 0 Å². The fourth-order valence-electron chi connectivity index (χ4n) is 2.06. The summed E-state index contributed by atoms with van der Waals surface area (Å²) in [5, 5.41) is 19.3. The van der Waals surface area contributed by atoms with Gasteiger partial charge in [-0.1, -0.05) is 0 Å². The Labute approximate surface area is 112 Å². The zero-order valence-corrected chi connectivity index (χ0v) is 10.6. The number of carbonyl (C=O) groups is 1. The molecule has 3 N–H and O–H groups in total. The molecular formula is C11H14N2O7. The van der Waals surface area contributed by atoms with Crippen LogP contribution in [-0.2, 0) is 14.3 Å². The molecule has 0 amide bonds. The van der Waals surface area contributed by atoms with Crippen LogP contribution in [0, 0.1) is 0 Å². The second-order valence-electron chi connectivity index (χ2n) is 4.33. The first kappa shape index (κ1) is 14.4. The van der Waals surface area contributed by atoms with Crippen molar-refractivity contribution in [3.63, 3.8) is 0 Å². The van der Waals surface area contributed by atoms with Gasteiger partial charge in [-0.25, -0.2) is 4.79 Å². The van der Waals surface area contributed by atoms with E-state index in [4.69, 9.17) is 9.47 Å². The number of rotatable bonds is 3. The number of aliphatic hydroxyl groups excluding tert-OH is 2. The van der Waals surface area contributed by atoms with E-state index in [1.54, 1.807) is 0 Å². The van der Waals surface area contributed by atoms with E-state index in [1.165, 1.54) is 0 Å². The lowest BCUT2D eigenvalue weighted by molar-refractivity contribution is -0.153. The number of ether oxygens (including phenoxy) is 2. The van der Waals surface area contributed by atoms with Gasteiger partial charge in [0, 0.05) is 19.2 Å². The molecule has 0 aromatic carbocycles. The fraction of sp³-hybridized carbons (Fsp3) is 0.545. The van der Waals surface area contributed by atoms with Gasteiger partial charge < -0.3 is 19.7 Å². The summed E-state index contributed by atoms with van der Waals surface area (Å²) in [6.45, 7) is 0.657. The monoisotopic (exact) mass is 286 g/mol. The van der Waals surface area contributed by atoms with Crippen molar-refractivity contribution in [1.82, 2.24) is 9.55 Å². The number of aliphatic hydroxyl groups is 2. The molecule has 1 aliphatic heterocycles. The van der Waals surface area contributed by atoms with Crippen LogP contribution in [0.25, 0.3) is 0 Å². The first-order valence-electron chi connectivity index (χ1n) is 5.87. The molecular weight excluding hydrogens is 272 g/mol. The minimum Gasteiger partial charge on any atom is -0.457 e. The van der Waals surface area contributed by atoms with Crippen molar-refractivity contribution in [2.45, 2.75) is 31.5 Å². The van der Waals surface area contributed by atoms with Gasteiger partial charge in [-0.2, -0.15) is 0 Å². The zero-order valence-electron chi connectivity index (χ0n) is 10.6. The fourth-order valence-corrected chi connectivity index (χ4v) is 2.06. The van der Waals surface area contributed by atoms with E-state index in [0.29, 0.717) is 0 Å². The van der Waals surface area contributed by atoms with Gasteiger partial charge >= 0.3 is 11.7 Å². The predicted octanol–water partition coefficient (Wildman–Crippen LogP) is -2.28. The number of aromatic nitrogens is 2. The number of esters is 1. The van der Waals surface area contributed by atoms with E-state index < -0.39 is 48.4 Å². The van der Waals surface area contributed by atoms with Crippen molar-refractivity contribution in [3.05, 3.63) is 33.1 Å². The van der Waals surface area contributed by atoms with Crippen LogP contribution in [0.5, 0.6) is 0 Å². The highest BCUT2D eigenvalue weighted by atomic mass is 16.6. The van der Waals surface area contributed by atoms with Crippen LogP contribution < -0.4 is 11.2 Å². The average molecular weight is 286 g/mol. The summed E-state index contributed by atoms with van der Waals surface area (Å²) in [7, 11) is 0. The molecule has 2 heterocycles. The molecule has 9 nitrogen and oxygen atoms in total. The summed E-state index contributed by atoms with van der Waals surface area (Å²) in [5.74, 6) is -0.648. The lowest BCUT2D eigenvalue weighted by atomic mass is 10.1. The zero-order chi connectivity index (χ0) is 14.9. The van der Waals surface area contributed by atoms with E-state index in [-0.39, 0.29) is 0 Å². The number of carbonyl (C=O) groups excluding carboxylic acids is 1. The molecule has 0 radical (unpaired) electrons. The number of hydrogen-bond donors (Lipinski definition) is 3. The Hall–Kier alpha value is -1.97. The summed E-state index contributed by atoms with van der Waals surface area (Å²) in [6, 6.07) is 1.09. The van der Waals surface area contributed by atoms with E-state index >= 15 is 0 Å². The average Bonchev–Trinajstić information content (AvgIpc) is 2.67. The summed E-state index contributed by atoms with van der Waals surface area (Å²) in [5.41, 5.74) is -1.37. The number of hydrogen-bond acceptors (Lipinski definition) is 7. The topological polar surface area (TPSA) is 131 Å². The van der Waals surface area contributed by atoms with Crippen molar-refractivity contribution in [2.24, 2.45) is 0 Å². The summed E-state index contributed by atoms with van der Waals surface area (Å²) in [6.07, 6.45) is -3.42. The summed E-state index contributed by atoms with van der Waals surface area (Å²) < 4.78 is 11.1. The third kappa shape index (κ3) is 2.64. The third-order valence-corrected chi connectivity index (χ3v) is 2.92. The van der Waals surface area contributed by atoms with Crippen LogP contribution >= 0.6 is 0 Å². The maximum absolute atomic E-state index is 11.6. The van der Waals surface area contributed by atoms with Gasteiger partial charge in [0.25, 0.3) is 5.56 Å². The van der Waals surface area contributed by atoms with E-state index in [0.717, 1.165) is 23.8 Å². The first-order valence-corrected chi connectivity index (χ1v) is 5.87. The molecule has 0 saturated carbocycles. The molecule has 20 heavy (non-hydrogen) atoms. The van der Waals surface area contributed by atoms with Crippen LogP contribution in [0.15, 0.2) is 21.9 Å². The summed E-state index contributed by atoms with van der Waals surface area (Å²) >= 11 is 0. The highest BCUT2D eigenvalue weighted by Gasteiger charge is 2.46. The Morgan fingerprint density at radius 1 is 1.55 bits per heavy atom. The van der Waals surface area contributed by atoms with Crippen LogP contribution in [0.2, 0.25) is 0 Å². The second kappa shape index (κ2) is 5.57. The maximum atomic E-state index is 11.6. The Morgan fingerprint density at radius 2 is 2.25 bits per heavy atom. The van der Waals surface area contributed by atoms with Crippen molar-refractivity contribution < 1.29 is 24.5 Å². The van der Waals surface area contributed by atoms with Gasteiger partial charge in [-0.3, -0.25) is 19.1 Å². The quantitative estimate of drug-likeness (QED) is 0.533. The molecule has 1 aliphatic rings. The highest BCUT2D eigenvalue weighted by Crippen LogP contribution is 2.30. The summed E-state index contributed by atoms with van der Waals surface area (Å²) in [4.78, 5) is 35.6. The molecule has 0 bridgehead atoms. The minimum atomic E-state index is -1.35. The molecule has 110 valence electrons. The SMILES string of the molecule is CC(=O)O[C@@H]1C(O)[C@H](n2ccc(=O)[nH]c2=O)O[C@@H]1CO. The molecule has 1 aromatic heterocycles. The van der Waals surface area contributed by atoms with Gasteiger partial charge in [-0.05, 0) is 0 Å². The lowest BCUT2D eigenvalue weighted by Gasteiger charge is -2.19. The Balaban J connectivity index is 2.32. The smallest absolute Gasteiger partial charge is 0.330 e. The van der Waals surface area contributed by atoms with Gasteiger partial charge in [0.15, 0.2) is 12.3 Å². The number of aromatic amines is 1. The molecule has 0 spiro atoms. The normalized spacial score (nSPS) is 29.4. The van der Waals surface area contributed by atoms with Gasteiger partial charge in [0.1, 0.15) is 12.2 Å². The van der Waals surface area contributed by atoms with Gasteiger partial charge in [-0.15, -0.1) is 0 Å². The molecule has 9 heteroatoms. The molecule has 4 atom stereocenters. The van der Waals surface area contributed by atoms with Crippen molar-refractivity contribution in [3.8, 4) is 0 Å². The van der Waals surface area contributed by atoms with Crippen molar-refractivity contribution in [2.75, 3.05) is 6.61 Å². The predicted molar refractivity (Wildman–Crippen MR) is 63.9 cm³/mol. The first-order chi connectivity index (χ1) is 9.43. The lowest BCUT2D eigenvalue weighted by Crippen LogP contribution is -2.39. The van der Waals surface area contributed by atoms with Crippen LogP contribution in [0.3, 0.4) is 0 Å². The van der Waals surface area contributed by atoms with Crippen LogP contribution in [-0.4, -0.2) is 50.7 Å². The molecule has 0 aliphatic carbocycles. The minimum absolute atomic E-state index is 0.496. The highest BCUT2D eigenvalue weighted by molar-refractivity contribution is 5.66. The molecule has 1 aromatic rings. The third-order valence-electron chi connectivity index (χ3n) is 2.92. The largest absolute Gasteiger partial charge is 0.457 e. The van der Waals surface area contributed by atoms with Gasteiger partial charge in [0.05, 0.1) is 6.61 Å². The second-order valence-corrected chi connectivity index (χ2v) is 4.33. The van der Waals surface area contributed by atoms with E-state index in [1.807, 2.05) is 4.98 Å². The molecule has 1 fully saturated rings. The molecule has 2 rings (SSSR count). The Kier molecular flexibility index (Phi) is 4.02. The van der Waals surface area contributed by atoms with E-state index in [9.17, 15) is 24.6 Å². The Morgan fingerprint density at radius 3 is 2.80 bits per heavy atom. The molecule has 1 saturated heterocycles. The maximum Gasteiger partial charge on any atom is 0.330 e. The van der Waals surface area contributed by atoms with Crippen LogP contribution in [0.4, 0.5) is 0 Å². The van der Waals surface area contributed by atoms with Crippen LogP contribution in [0.1, 0.15) is 13.2 Å². The van der Waals surface area contributed by atoms with Crippen molar-refractivity contribution in [1.29, 1.82) is 0 Å². The number of nitrogens with zero attached hydrogens (tertiary/aromatic N) is 1. The van der Waals surface area contributed by atoms with Crippen molar-refractivity contribution >= 4 is 5.97 Å².